The summed E-state index contributed by atoms with van der Waals surface area (Å²) in [5.74, 6) is -1.22. The lowest BCUT2D eigenvalue weighted by Crippen LogP contribution is -2.48. The van der Waals surface area contributed by atoms with E-state index in [1.165, 1.54) is 13.8 Å². The van der Waals surface area contributed by atoms with Crippen LogP contribution < -0.4 is 4.74 Å². The van der Waals surface area contributed by atoms with Gasteiger partial charge in [-0.15, -0.1) is 6.42 Å². The number of hydrogen-bond donors (Lipinski definition) is 1. The summed E-state index contributed by atoms with van der Waals surface area (Å²) in [5.41, 5.74) is 2.47. The number of benzene rings is 2. The minimum absolute atomic E-state index is 0.154. The van der Waals surface area contributed by atoms with Gasteiger partial charge in [0.2, 0.25) is 0 Å². The van der Waals surface area contributed by atoms with Gasteiger partial charge in [-0.1, -0.05) is 36.3 Å². The van der Waals surface area contributed by atoms with E-state index in [9.17, 15) is 9.59 Å². The number of terminal acetylenes is 1. The number of cyclic esters (lactones) is 2. The molecular formula is C24H21NO5. The van der Waals surface area contributed by atoms with Crippen molar-refractivity contribution < 1.29 is 23.8 Å². The van der Waals surface area contributed by atoms with E-state index in [2.05, 4.69) is 10.9 Å². The zero-order valence-corrected chi connectivity index (χ0v) is 16.7. The molecule has 1 fully saturated rings. The van der Waals surface area contributed by atoms with Gasteiger partial charge in [0, 0.05) is 36.9 Å². The number of esters is 2. The van der Waals surface area contributed by atoms with Gasteiger partial charge in [0.1, 0.15) is 12.4 Å². The van der Waals surface area contributed by atoms with E-state index < -0.39 is 29.6 Å². The molecule has 4 rings (SSSR count). The third-order valence-corrected chi connectivity index (χ3v) is 5.05. The van der Waals surface area contributed by atoms with Crippen LogP contribution in [0.3, 0.4) is 0 Å². The summed E-state index contributed by atoms with van der Waals surface area (Å²) in [5, 5.41) is 0.917. The molecule has 1 N–H and O–H groups in total. The van der Waals surface area contributed by atoms with Crippen molar-refractivity contribution in [3.8, 4) is 18.1 Å². The lowest BCUT2D eigenvalue weighted by molar-refractivity contribution is -0.240. The first-order valence-corrected chi connectivity index (χ1v) is 9.57. The van der Waals surface area contributed by atoms with Gasteiger partial charge in [-0.05, 0) is 29.3 Å². The van der Waals surface area contributed by atoms with Crippen LogP contribution >= 0.6 is 0 Å². The second-order valence-corrected chi connectivity index (χ2v) is 7.55. The first-order chi connectivity index (χ1) is 14.4. The van der Waals surface area contributed by atoms with E-state index in [1.807, 2.05) is 42.6 Å². The van der Waals surface area contributed by atoms with Crippen LogP contribution in [0, 0.1) is 18.3 Å². The summed E-state index contributed by atoms with van der Waals surface area (Å²) in [6.45, 7) is 3.23. The smallest absolute Gasteiger partial charge is 0.324 e. The fraction of sp³-hybridized carbons (Fsp3) is 0.250. The lowest BCUT2D eigenvalue weighted by Gasteiger charge is -2.36. The zero-order valence-electron chi connectivity index (χ0n) is 16.7. The van der Waals surface area contributed by atoms with Gasteiger partial charge in [-0.2, -0.15) is 0 Å². The molecule has 1 aliphatic heterocycles. The molecule has 0 aliphatic carbocycles. The Morgan fingerprint density at radius 3 is 2.43 bits per heavy atom. The van der Waals surface area contributed by atoms with Crippen molar-refractivity contribution in [1.82, 2.24) is 4.98 Å². The van der Waals surface area contributed by atoms with Crippen LogP contribution in [0.1, 0.15) is 30.9 Å². The Morgan fingerprint density at radius 1 is 1.10 bits per heavy atom. The molecular weight excluding hydrogens is 382 g/mol. The third kappa shape index (κ3) is 3.62. The van der Waals surface area contributed by atoms with Crippen LogP contribution in [0.4, 0.5) is 0 Å². The molecule has 0 saturated carbocycles. The number of aromatic amines is 1. The second kappa shape index (κ2) is 7.60. The minimum Gasteiger partial charge on any atom is -0.481 e. The SMILES string of the molecule is C#CCOc1ccc([C@@H](c2c[nH]c3ccccc23)C2C(=O)OC(C)(C)OC2=O)cc1. The Labute approximate surface area is 174 Å². The largest absolute Gasteiger partial charge is 0.481 e. The Morgan fingerprint density at radius 2 is 1.77 bits per heavy atom. The number of carbonyl (C=O) groups is 2. The van der Waals surface area contributed by atoms with Gasteiger partial charge in [-0.3, -0.25) is 9.59 Å². The fourth-order valence-corrected chi connectivity index (χ4v) is 3.80. The normalized spacial score (nSPS) is 17.1. The second-order valence-electron chi connectivity index (χ2n) is 7.55. The molecule has 0 spiro atoms. The Hall–Kier alpha value is -3.72. The number of para-hydroxylation sites is 1. The standard InChI is InChI=1S/C24H21NO5/c1-4-13-28-16-11-9-15(10-12-16)20(18-14-25-19-8-6-5-7-17(18)19)21-22(26)29-24(2,3)30-23(21)27/h1,5-12,14,20-21,25H,13H2,2-3H3/t20-/m0/s1. The van der Waals surface area contributed by atoms with Gasteiger partial charge < -0.3 is 19.2 Å². The number of aromatic nitrogens is 1. The molecule has 1 aromatic heterocycles. The maximum absolute atomic E-state index is 12.9. The van der Waals surface area contributed by atoms with E-state index >= 15 is 0 Å². The monoisotopic (exact) mass is 403 g/mol. The average molecular weight is 403 g/mol. The first-order valence-electron chi connectivity index (χ1n) is 9.57. The number of H-pyrrole nitrogens is 1. The molecule has 0 radical (unpaired) electrons. The lowest BCUT2D eigenvalue weighted by atomic mass is 9.80. The van der Waals surface area contributed by atoms with Crippen molar-refractivity contribution >= 4 is 22.8 Å². The van der Waals surface area contributed by atoms with Crippen molar-refractivity contribution in [1.29, 1.82) is 0 Å². The Kier molecular flexibility index (Phi) is 4.96. The van der Waals surface area contributed by atoms with Crippen molar-refractivity contribution in [3.63, 3.8) is 0 Å². The van der Waals surface area contributed by atoms with Gasteiger partial charge >= 0.3 is 11.9 Å². The van der Waals surface area contributed by atoms with E-state index in [4.69, 9.17) is 20.6 Å². The molecule has 30 heavy (non-hydrogen) atoms. The molecule has 0 amide bonds. The van der Waals surface area contributed by atoms with Crippen LogP contribution in [-0.2, 0) is 19.1 Å². The highest BCUT2D eigenvalue weighted by atomic mass is 16.7. The summed E-state index contributed by atoms with van der Waals surface area (Å²) >= 11 is 0. The minimum atomic E-state index is -1.29. The first kappa shape index (κ1) is 19.6. The quantitative estimate of drug-likeness (QED) is 0.399. The number of ether oxygens (including phenoxy) is 3. The highest BCUT2D eigenvalue weighted by molar-refractivity contribution is 5.99. The fourth-order valence-electron chi connectivity index (χ4n) is 3.80. The summed E-state index contributed by atoms with van der Waals surface area (Å²) in [6, 6.07) is 14.9. The number of fused-ring (bicyclic) bond motifs is 1. The molecule has 0 bridgehead atoms. The van der Waals surface area contributed by atoms with E-state index in [0.717, 1.165) is 22.0 Å². The molecule has 3 aromatic rings. The maximum Gasteiger partial charge on any atom is 0.324 e. The molecule has 1 aliphatic rings. The molecule has 2 aromatic carbocycles. The van der Waals surface area contributed by atoms with Crippen LogP contribution in [0.2, 0.25) is 0 Å². The Bertz CT molecular complexity index is 1120. The molecule has 1 atom stereocenters. The maximum atomic E-state index is 12.9. The Balaban J connectivity index is 1.81. The molecule has 6 nitrogen and oxygen atoms in total. The average Bonchev–Trinajstić information content (AvgIpc) is 3.13. The van der Waals surface area contributed by atoms with E-state index in [-0.39, 0.29) is 6.61 Å². The molecule has 152 valence electrons. The molecule has 6 heteroatoms. The topological polar surface area (TPSA) is 77.6 Å². The molecule has 2 heterocycles. The van der Waals surface area contributed by atoms with Gasteiger partial charge in [0.25, 0.3) is 5.79 Å². The number of rotatable bonds is 5. The van der Waals surface area contributed by atoms with Crippen molar-refractivity contribution in [3.05, 3.63) is 65.9 Å². The van der Waals surface area contributed by atoms with Crippen LogP contribution in [0.5, 0.6) is 5.75 Å². The van der Waals surface area contributed by atoms with Crippen LogP contribution in [-0.4, -0.2) is 29.3 Å². The van der Waals surface area contributed by atoms with Crippen molar-refractivity contribution in [2.75, 3.05) is 6.61 Å². The zero-order chi connectivity index (χ0) is 21.3. The molecule has 0 unspecified atom stereocenters. The summed E-state index contributed by atoms with van der Waals surface area (Å²) < 4.78 is 16.3. The number of hydrogen-bond acceptors (Lipinski definition) is 5. The predicted molar refractivity (Wildman–Crippen MR) is 111 cm³/mol. The molecule has 1 saturated heterocycles. The highest BCUT2D eigenvalue weighted by Gasteiger charge is 2.48. The summed E-state index contributed by atoms with van der Waals surface area (Å²) in [7, 11) is 0. The van der Waals surface area contributed by atoms with Crippen LogP contribution in [0.15, 0.2) is 54.7 Å². The summed E-state index contributed by atoms with van der Waals surface area (Å²) in [6.07, 6.45) is 7.06. The van der Waals surface area contributed by atoms with E-state index in [1.54, 1.807) is 12.1 Å². The van der Waals surface area contributed by atoms with Gasteiger partial charge in [-0.25, -0.2) is 0 Å². The summed E-state index contributed by atoms with van der Waals surface area (Å²) in [4.78, 5) is 29.0. The van der Waals surface area contributed by atoms with E-state index in [0.29, 0.717) is 5.75 Å². The van der Waals surface area contributed by atoms with Gasteiger partial charge in [0.05, 0.1) is 0 Å². The van der Waals surface area contributed by atoms with Crippen molar-refractivity contribution in [2.24, 2.45) is 5.92 Å². The number of carbonyl (C=O) groups excluding carboxylic acids is 2. The third-order valence-electron chi connectivity index (χ3n) is 5.05. The number of nitrogens with one attached hydrogen (secondary N) is 1. The van der Waals surface area contributed by atoms with Crippen molar-refractivity contribution in [2.45, 2.75) is 25.6 Å². The highest BCUT2D eigenvalue weighted by Crippen LogP contribution is 2.41. The van der Waals surface area contributed by atoms with Crippen LogP contribution in [0.25, 0.3) is 10.9 Å². The predicted octanol–water partition coefficient (Wildman–Crippen LogP) is 3.76. The van der Waals surface area contributed by atoms with Gasteiger partial charge in [0.15, 0.2) is 5.92 Å².